The Kier molecular flexibility index (Phi) is 12.8. The summed E-state index contributed by atoms with van der Waals surface area (Å²) in [6.45, 7) is 6.08. The van der Waals surface area contributed by atoms with Crippen molar-refractivity contribution in [2.75, 3.05) is 47.3 Å². The highest BCUT2D eigenvalue weighted by Gasteiger charge is 2.13. The van der Waals surface area contributed by atoms with Crippen LogP contribution in [0.15, 0.2) is 36.4 Å². The normalized spacial score (nSPS) is 10.7. The maximum absolute atomic E-state index is 11.3. The van der Waals surface area contributed by atoms with E-state index >= 15 is 0 Å². The van der Waals surface area contributed by atoms with E-state index in [4.69, 9.17) is 18.9 Å². The van der Waals surface area contributed by atoms with E-state index in [0.29, 0.717) is 32.8 Å². The van der Waals surface area contributed by atoms with Crippen LogP contribution in [0.4, 0.5) is 0 Å². The highest BCUT2D eigenvalue weighted by molar-refractivity contribution is 5.77. The van der Waals surface area contributed by atoms with Crippen molar-refractivity contribution in [3.05, 3.63) is 53.1 Å². The summed E-state index contributed by atoms with van der Waals surface area (Å²) in [5.74, 6) is 0.628. The van der Waals surface area contributed by atoms with E-state index in [1.165, 1.54) is 0 Å². The van der Waals surface area contributed by atoms with Crippen molar-refractivity contribution in [3.8, 4) is 16.9 Å². The largest absolute Gasteiger partial charge is 0.493 e. The molecule has 2 aromatic rings. The molecule has 0 unspecified atom stereocenters. The van der Waals surface area contributed by atoms with Crippen LogP contribution < -0.4 is 15.4 Å². The van der Waals surface area contributed by atoms with Crippen LogP contribution in [0.25, 0.3) is 11.1 Å². The summed E-state index contributed by atoms with van der Waals surface area (Å²) in [4.78, 5) is 22.5. The minimum atomic E-state index is -0.126. The summed E-state index contributed by atoms with van der Waals surface area (Å²) in [7, 11) is 3.19. The lowest BCUT2D eigenvalue weighted by atomic mass is 9.96. The van der Waals surface area contributed by atoms with Gasteiger partial charge < -0.3 is 29.6 Å². The Morgan fingerprint density at radius 1 is 0.771 bits per heavy atom. The molecule has 2 rings (SSSR count). The standard InChI is InChI=1S/C27H38N2O6/c1-20-7-9-22(17-34-19-33-14-11-26(30)28-3)23(15-20)24-16-21(2)8-10-25(24)35-13-6-5-12-32-18-27(31)29-4/h7-10,15-16H,5-6,11-14,17-19H2,1-4H3,(H,28,30)(H,29,31). The van der Waals surface area contributed by atoms with Crippen molar-refractivity contribution in [3.63, 3.8) is 0 Å². The van der Waals surface area contributed by atoms with E-state index in [1.54, 1.807) is 14.1 Å². The van der Waals surface area contributed by atoms with Crippen LogP contribution in [0, 0.1) is 13.8 Å². The first kappa shape index (κ1) is 28.3. The number of carbonyl (C=O) groups is 2. The Hall–Kier alpha value is -2.94. The molecule has 0 spiro atoms. The summed E-state index contributed by atoms with van der Waals surface area (Å²) in [6, 6.07) is 12.4. The van der Waals surface area contributed by atoms with Crippen molar-refractivity contribution in [1.29, 1.82) is 0 Å². The molecule has 0 atom stereocenters. The number of ether oxygens (including phenoxy) is 4. The van der Waals surface area contributed by atoms with Gasteiger partial charge in [-0.15, -0.1) is 0 Å². The van der Waals surface area contributed by atoms with Crippen LogP contribution >= 0.6 is 0 Å². The molecule has 0 saturated heterocycles. The first-order valence-electron chi connectivity index (χ1n) is 11.9. The summed E-state index contributed by atoms with van der Waals surface area (Å²) >= 11 is 0. The Labute approximate surface area is 208 Å². The number of likely N-dealkylation sites (N-methyl/N-ethyl adjacent to an activating group) is 1. The summed E-state index contributed by atoms with van der Waals surface area (Å²) < 4.78 is 22.6. The van der Waals surface area contributed by atoms with Gasteiger partial charge >= 0.3 is 0 Å². The Morgan fingerprint density at radius 3 is 2.20 bits per heavy atom. The minimum Gasteiger partial charge on any atom is -0.493 e. The molecular formula is C27H38N2O6. The molecule has 2 aromatic carbocycles. The van der Waals surface area contributed by atoms with E-state index in [-0.39, 0.29) is 25.2 Å². The van der Waals surface area contributed by atoms with Gasteiger partial charge in [-0.05, 0) is 49.9 Å². The number of benzene rings is 2. The highest BCUT2D eigenvalue weighted by Crippen LogP contribution is 2.34. The first-order chi connectivity index (χ1) is 16.9. The lowest BCUT2D eigenvalue weighted by Crippen LogP contribution is -2.23. The highest BCUT2D eigenvalue weighted by atomic mass is 16.7. The van der Waals surface area contributed by atoms with E-state index in [1.807, 2.05) is 12.1 Å². The molecule has 0 saturated carbocycles. The fourth-order valence-corrected chi connectivity index (χ4v) is 3.33. The second kappa shape index (κ2) is 15.9. The number of carbonyl (C=O) groups excluding carboxylic acids is 2. The van der Waals surface area contributed by atoms with Crippen LogP contribution in [-0.4, -0.2) is 59.1 Å². The zero-order chi connectivity index (χ0) is 25.5. The predicted molar refractivity (Wildman–Crippen MR) is 135 cm³/mol. The molecule has 0 aliphatic rings. The topological polar surface area (TPSA) is 95.1 Å². The second-order valence-corrected chi connectivity index (χ2v) is 8.24. The Bertz CT molecular complexity index is 947. The second-order valence-electron chi connectivity index (χ2n) is 8.24. The molecule has 35 heavy (non-hydrogen) atoms. The molecule has 8 heteroatoms. The molecule has 0 radical (unpaired) electrons. The summed E-state index contributed by atoms with van der Waals surface area (Å²) in [6.07, 6.45) is 1.93. The Balaban J connectivity index is 1.96. The molecule has 192 valence electrons. The maximum Gasteiger partial charge on any atom is 0.245 e. The van der Waals surface area contributed by atoms with Crippen LogP contribution in [0.3, 0.4) is 0 Å². The molecule has 8 nitrogen and oxygen atoms in total. The van der Waals surface area contributed by atoms with Crippen LogP contribution in [0.5, 0.6) is 5.75 Å². The Morgan fingerprint density at radius 2 is 1.46 bits per heavy atom. The average Bonchev–Trinajstić information content (AvgIpc) is 2.86. The number of rotatable bonds is 16. The van der Waals surface area contributed by atoms with Gasteiger partial charge in [-0.3, -0.25) is 9.59 Å². The fourth-order valence-electron chi connectivity index (χ4n) is 3.33. The summed E-state index contributed by atoms with van der Waals surface area (Å²) in [5.41, 5.74) is 5.39. The molecule has 2 N–H and O–H groups in total. The molecule has 0 bridgehead atoms. The quantitative estimate of drug-likeness (QED) is 0.279. The number of hydrogen-bond donors (Lipinski definition) is 2. The number of nitrogens with one attached hydrogen (secondary N) is 2. The molecule has 0 fully saturated rings. The van der Waals surface area contributed by atoms with Crippen molar-refractivity contribution < 1.29 is 28.5 Å². The zero-order valence-electron chi connectivity index (χ0n) is 21.3. The first-order valence-corrected chi connectivity index (χ1v) is 11.9. The monoisotopic (exact) mass is 486 g/mol. The number of aryl methyl sites for hydroxylation is 2. The van der Waals surface area contributed by atoms with E-state index in [9.17, 15) is 9.59 Å². The van der Waals surface area contributed by atoms with Gasteiger partial charge in [-0.1, -0.05) is 35.4 Å². The van der Waals surface area contributed by atoms with Crippen LogP contribution in [0.1, 0.15) is 36.0 Å². The van der Waals surface area contributed by atoms with Crippen molar-refractivity contribution in [2.24, 2.45) is 0 Å². The summed E-state index contributed by atoms with van der Waals surface area (Å²) in [5, 5.41) is 5.10. The third-order valence-corrected chi connectivity index (χ3v) is 5.32. The fraction of sp³-hybridized carbons (Fsp3) is 0.481. The predicted octanol–water partition coefficient (Wildman–Crippen LogP) is 3.52. The van der Waals surface area contributed by atoms with E-state index < -0.39 is 0 Å². The molecular weight excluding hydrogens is 448 g/mol. The zero-order valence-corrected chi connectivity index (χ0v) is 21.3. The minimum absolute atomic E-state index is 0.0609. The lowest BCUT2D eigenvalue weighted by molar-refractivity contribution is -0.125. The third-order valence-electron chi connectivity index (χ3n) is 5.32. The van der Waals surface area contributed by atoms with E-state index in [0.717, 1.165) is 46.4 Å². The van der Waals surface area contributed by atoms with Crippen LogP contribution in [-0.2, 0) is 30.4 Å². The average molecular weight is 487 g/mol. The van der Waals surface area contributed by atoms with Gasteiger partial charge in [-0.2, -0.15) is 0 Å². The third kappa shape index (κ3) is 10.5. The molecule has 0 aliphatic carbocycles. The van der Waals surface area contributed by atoms with Gasteiger partial charge in [0.1, 0.15) is 19.1 Å². The van der Waals surface area contributed by atoms with E-state index in [2.05, 4.69) is 48.7 Å². The number of amides is 2. The maximum atomic E-state index is 11.3. The van der Waals surface area contributed by atoms with Crippen molar-refractivity contribution in [2.45, 2.75) is 39.7 Å². The molecule has 0 heterocycles. The molecule has 0 aromatic heterocycles. The smallest absolute Gasteiger partial charge is 0.245 e. The van der Waals surface area contributed by atoms with Gasteiger partial charge in [-0.25, -0.2) is 0 Å². The number of unbranched alkanes of at least 4 members (excludes halogenated alkanes) is 1. The number of hydrogen-bond acceptors (Lipinski definition) is 6. The van der Waals surface area contributed by atoms with Gasteiger partial charge in [0.2, 0.25) is 11.8 Å². The van der Waals surface area contributed by atoms with Gasteiger partial charge in [0.25, 0.3) is 0 Å². The molecule has 2 amide bonds. The lowest BCUT2D eigenvalue weighted by Gasteiger charge is -2.17. The van der Waals surface area contributed by atoms with Gasteiger partial charge in [0.05, 0.1) is 26.2 Å². The van der Waals surface area contributed by atoms with Crippen LogP contribution in [0.2, 0.25) is 0 Å². The van der Waals surface area contributed by atoms with Crippen molar-refractivity contribution >= 4 is 11.8 Å². The van der Waals surface area contributed by atoms with Crippen molar-refractivity contribution in [1.82, 2.24) is 10.6 Å². The SMILES string of the molecule is CNC(=O)CCOCOCc1ccc(C)cc1-c1cc(C)ccc1OCCCCOCC(=O)NC. The molecule has 0 aliphatic heterocycles. The van der Waals surface area contributed by atoms with Gasteiger partial charge in [0, 0.05) is 26.3 Å². The van der Waals surface area contributed by atoms with Gasteiger partial charge in [0.15, 0.2) is 0 Å².